The van der Waals surface area contributed by atoms with Crippen LogP contribution in [0.4, 0.5) is 5.69 Å². The van der Waals surface area contributed by atoms with Gasteiger partial charge in [0.15, 0.2) is 17.5 Å². The van der Waals surface area contributed by atoms with Crippen molar-refractivity contribution in [3.63, 3.8) is 0 Å². The molecule has 12 heteroatoms. The Morgan fingerprint density at radius 1 is 0.925 bits per heavy atom. The number of halogens is 2. The van der Waals surface area contributed by atoms with Gasteiger partial charge >= 0.3 is 0 Å². The number of aliphatic hydroxyl groups is 1. The van der Waals surface area contributed by atoms with Crippen LogP contribution in [0.3, 0.4) is 0 Å². The topological polar surface area (TPSA) is 99.6 Å². The molecule has 0 aromatic heterocycles. The fraction of sp³-hybridized carbons (Fsp3) is 0.321. The molecule has 212 valence electrons. The summed E-state index contributed by atoms with van der Waals surface area (Å²) in [6.07, 6.45) is 0. The Balaban J connectivity index is 1.77. The third-order valence-electron chi connectivity index (χ3n) is 7.48. The van der Waals surface area contributed by atoms with Crippen LogP contribution in [0.2, 0.25) is 10.0 Å². The predicted molar refractivity (Wildman–Crippen MR) is 153 cm³/mol. The molecular formula is C28H29Cl2N3O6S. The van der Waals surface area contributed by atoms with Gasteiger partial charge in [0, 0.05) is 53.4 Å². The fourth-order valence-corrected chi connectivity index (χ4v) is 7.48. The molecule has 0 radical (unpaired) electrons. The van der Waals surface area contributed by atoms with Crippen LogP contribution in [0.15, 0.2) is 65.6 Å². The van der Waals surface area contributed by atoms with E-state index in [1.54, 1.807) is 29.2 Å². The van der Waals surface area contributed by atoms with Crippen LogP contribution in [0.25, 0.3) is 0 Å². The number of methoxy groups -OCH3 is 2. The molecule has 0 saturated carbocycles. The minimum atomic E-state index is -4.46. The third kappa shape index (κ3) is 4.57. The summed E-state index contributed by atoms with van der Waals surface area (Å²) in [5, 5.41) is 13.1. The number of hydrogen-bond acceptors (Lipinski definition) is 7. The smallest absolute Gasteiger partial charge is 0.265 e. The second kappa shape index (κ2) is 10.8. The zero-order valence-corrected chi connectivity index (χ0v) is 24.5. The molecule has 3 aromatic carbocycles. The van der Waals surface area contributed by atoms with Gasteiger partial charge in [-0.2, -0.15) is 0 Å². The lowest BCUT2D eigenvalue weighted by molar-refractivity contribution is -0.138. The molecule has 1 saturated heterocycles. The standard InChI is InChI=1S/C28H29Cl2N3O6S/c1-31-12-14-32(15-13-31)27(34)26-28(35,20-6-4-5-7-22(20)30)21-16-18(29)8-10-23(21)33(26)40(36,37)19-9-11-24(38-2)25(17-19)39-3/h4-11,16-17,26,35H,12-15H2,1-3H3. The molecule has 9 nitrogen and oxygen atoms in total. The summed E-state index contributed by atoms with van der Waals surface area (Å²) >= 11 is 13.0. The van der Waals surface area contributed by atoms with E-state index in [2.05, 4.69) is 4.90 Å². The highest BCUT2D eigenvalue weighted by Gasteiger charge is 2.60. The molecule has 3 aromatic rings. The molecule has 0 bridgehead atoms. The van der Waals surface area contributed by atoms with Crippen LogP contribution >= 0.6 is 23.2 Å². The summed E-state index contributed by atoms with van der Waals surface area (Å²) < 4.78 is 40.6. The van der Waals surface area contributed by atoms with Gasteiger partial charge in [0.05, 0.1) is 24.8 Å². The van der Waals surface area contributed by atoms with Crippen molar-refractivity contribution < 1.29 is 27.8 Å². The van der Waals surface area contributed by atoms with E-state index in [1.807, 2.05) is 7.05 Å². The molecule has 2 aliphatic rings. The number of piperazine rings is 1. The molecule has 1 fully saturated rings. The summed E-state index contributed by atoms with van der Waals surface area (Å²) in [6.45, 7) is 1.94. The van der Waals surface area contributed by atoms with Gasteiger partial charge in [-0.3, -0.25) is 4.79 Å². The van der Waals surface area contributed by atoms with Crippen LogP contribution in [0, 0.1) is 0 Å². The summed E-state index contributed by atoms with van der Waals surface area (Å²) in [5.41, 5.74) is -1.68. The van der Waals surface area contributed by atoms with Gasteiger partial charge < -0.3 is 24.4 Å². The Labute approximate surface area is 243 Å². The minimum absolute atomic E-state index is 0.120. The number of amides is 1. The average molecular weight is 607 g/mol. The van der Waals surface area contributed by atoms with E-state index in [4.69, 9.17) is 32.7 Å². The summed E-state index contributed by atoms with van der Waals surface area (Å²) in [5.74, 6) is -0.0120. The lowest BCUT2D eigenvalue weighted by atomic mass is 9.82. The quantitative estimate of drug-likeness (QED) is 0.458. The number of carbonyl (C=O) groups is 1. The van der Waals surface area contributed by atoms with Gasteiger partial charge in [-0.25, -0.2) is 12.7 Å². The van der Waals surface area contributed by atoms with Crippen molar-refractivity contribution in [1.82, 2.24) is 9.80 Å². The lowest BCUT2D eigenvalue weighted by Gasteiger charge is -2.40. The van der Waals surface area contributed by atoms with Gasteiger partial charge in [-0.05, 0) is 43.4 Å². The van der Waals surface area contributed by atoms with Gasteiger partial charge in [0.2, 0.25) is 5.91 Å². The minimum Gasteiger partial charge on any atom is -0.493 e. The largest absolute Gasteiger partial charge is 0.493 e. The molecule has 0 spiro atoms. The molecule has 2 heterocycles. The van der Waals surface area contributed by atoms with E-state index in [9.17, 15) is 18.3 Å². The molecule has 1 N–H and O–H groups in total. The second-order valence-electron chi connectivity index (χ2n) is 9.76. The van der Waals surface area contributed by atoms with Crippen molar-refractivity contribution in [2.45, 2.75) is 16.5 Å². The number of hydrogen-bond donors (Lipinski definition) is 1. The van der Waals surface area contributed by atoms with Crippen molar-refractivity contribution in [3.05, 3.63) is 81.8 Å². The first kappa shape index (κ1) is 28.5. The van der Waals surface area contributed by atoms with Crippen molar-refractivity contribution in [3.8, 4) is 11.5 Å². The monoisotopic (exact) mass is 605 g/mol. The normalized spacial score (nSPS) is 21.3. The highest BCUT2D eigenvalue weighted by molar-refractivity contribution is 7.93. The Bertz CT molecular complexity index is 1560. The highest BCUT2D eigenvalue weighted by atomic mass is 35.5. The zero-order valence-electron chi connectivity index (χ0n) is 22.2. The first-order valence-electron chi connectivity index (χ1n) is 12.5. The van der Waals surface area contributed by atoms with Crippen LogP contribution in [-0.4, -0.2) is 82.7 Å². The van der Waals surface area contributed by atoms with E-state index < -0.39 is 27.6 Å². The maximum absolute atomic E-state index is 14.5. The lowest BCUT2D eigenvalue weighted by Crippen LogP contribution is -2.60. The fourth-order valence-electron chi connectivity index (χ4n) is 5.36. The molecule has 5 rings (SSSR count). The number of nitrogens with zero attached hydrogens (tertiary/aromatic N) is 3. The number of carbonyl (C=O) groups excluding carboxylic acids is 1. The number of ether oxygens (including phenoxy) is 2. The van der Waals surface area contributed by atoms with E-state index in [0.29, 0.717) is 31.9 Å². The van der Waals surface area contributed by atoms with E-state index in [1.165, 1.54) is 50.6 Å². The van der Waals surface area contributed by atoms with Crippen LogP contribution < -0.4 is 13.8 Å². The Kier molecular flexibility index (Phi) is 7.66. The van der Waals surface area contributed by atoms with Crippen LogP contribution in [-0.2, 0) is 20.4 Å². The van der Waals surface area contributed by atoms with Gasteiger partial charge in [0.25, 0.3) is 10.0 Å². The number of fused-ring (bicyclic) bond motifs is 1. The van der Waals surface area contributed by atoms with Crippen molar-refractivity contribution in [2.24, 2.45) is 0 Å². The predicted octanol–water partition coefficient (Wildman–Crippen LogP) is 3.60. The summed E-state index contributed by atoms with van der Waals surface area (Å²) in [6, 6.07) is 13.6. The zero-order chi connectivity index (χ0) is 28.8. The van der Waals surface area contributed by atoms with E-state index >= 15 is 0 Å². The molecule has 1 amide bonds. The number of likely N-dealkylation sites (N-methyl/N-ethyl adjacent to an activating group) is 1. The molecule has 2 aliphatic heterocycles. The first-order valence-corrected chi connectivity index (χ1v) is 14.7. The molecular weight excluding hydrogens is 577 g/mol. The Morgan fingerprint density at radius 3 is 2.25 bits per heavy atom. The number of benzene rings is 3. The van der Waals surface area contributed by atoms with E-state index in [0.717, 1.165) is 4.31 Å². The highest BCUT2D eigenvalue weighted by Crippen LogP contribution is 2.53. The molecule has 40 heavy (non-hydrogen) atoms. The molecule has 2 unspecified atom stereocenters. The number of sulfonamides is 1. The summed E-state index contributed by atoms with van der Waals surface area (Å²) in [4.78, 5) is 17.9. The van der Waals surface area contributed by atoms with E-state index in [-0.39, 0.29) is 37.5 Å². The Hall–Kier alpha value is -3.02. The molecule has 0 aliphatic carbocycles. The van der Waals surface area contributed by atoms with Crippen LogP contribution in [0.5, 0.6) is 11.5 Å². The second-order valence-corrected chi connectivity index (χ2v) is 12.4. The summed E-state index contributed by atoms with van der Waals surface area (Å²) in [7, 11) is 0.329. The Morgan fingerprint density at radius 2 is 1.60 bits per heavy atom. The number of anilines is 1. The van der Waals surface area contributed by atoms with Crippen molar-refractivity contribution >= 4 is 44.8 Å². The molecule has 2 atom stereocenters. The number of rotatable bonds is 6. The van der Waals surface area contributed by atoms with Gasteiger partial charge in [-0.15, -0.1) is 0 Å². The van der Waals surface area contributed by atoms with Crippen molar-refractivity contribution in [1.29, 1.82) is 0 Å². The third-order valence-corrected chi connectivity index (χ3v) is 9.82. The van der Waals surface area contributed by atoms with Crippen molar-refractivity contribution in [2.75, 3.05) is 51.8 Å². The first-order chi connectivity index (χ1) is 19.0. The maximum Gasteiger partial charge on any atom is 0.265 e. The van der Waals surface area contributed by atoms with Crippen LogP contribution in [0.1, 0.15) is 11.1 Å². The van der Waals surface area contributed by atoms with Gasteiger partial charge in [0.1, 0.15) is 5.60 Å². The SMILES string of the molecule is COc1ccc(S(=O)(=O)N2c3ccc(Cl)cc3C(O)(c3ccccc3Cl)C2C(=O)N2CCN(C)CC2)cc1OC. The average Bonchev–Trinajstić information content (AvgIpc) is 3.22. The maximum atomic E-state index is 14.5. The van der Waals surface area contributed by atoms with Gasteiger partial charge in [-0.1, -0.05) is 41.4 Å².